The molecule has 0 unspecified atom stereocenters. The minimum absolute atomic E-state index is 0.764. The molecule has 0 aromatic heterocycles. The smallest absolute Gasteiger partial charge is 0.203 e. The predicted octanol–water partition coefficient (Wildman–Crippen LogP) is 4.86. The molecule has 0 bridgehead atoms. The molecule has 3 aromatic rings. The van der Waals surface area contributed by atoms with E-state index in [1.54, 1.807) is 0 Å². The van der Waals surface area contributed by atoms with Crippen LogP contribution < -0.4 is 15.2 Å². The van der Waals surface area contributed by atoms with E-state index in [9.17, 15) is 0 Å². The number of hydrogen-bond acceptors (Lipinski definition) is 3. The summed E-state index contributed by atoms with van der Waals surface area (Å²) in [5.74, 6) is 0.777. The largest absolute Gasteiger partial charge is 0.452 e. The molecule has 2 aliphatic rings. The number of anilines is 2. The van der Waals surface area contributed by atoms with Crippen molar-refractivity contribution in [1.82, 2.24) is 9.56 Å². The van der Waals surface area contributed by atoms with Gasteiger partial charge < -0.3 is 9.73 Å². The van der Waals surface area contributed by atoms with E-state index in [1.807, 2.05) is 62.6 Å². The Balaban J connectivity index is 1.81. The van der Waals surface area contributed by atoms with Crippen molar-refractivity contribution in [2.75, 3.05) is 19.4 Å². The first kappa shape index (κ1) is 16.5. The summed E-state index contributed by atoms with van der Waals surface area (Å²) in [5, 5.41) is 6.79. The van der Waals surface area contributed by atoms with Crippen LogP contribution in [0.2, 0.25) is 0 Å². The summed E-state index contributed by atoms with van der Waals surface area (Å²) >= 11 is 0. The standard InChI is InChI=1S/C24H19N3O/c1-27(2)17-12-13-20-22(14-17)28-23-15-21(25-16-8-4-3-5-9-16)18-10-6-7-11-19(18)24(23)26-20/h3-15H,1-2H3/p+1. The summed E-state index contributed by atoms with van der Waals surface area (Å²) in [6.07, 6.45) is 0. The predicted molar refractivity (Wildman–Crippen MR) is 115 cm³/mol. The summed E-state index contributed by atoms with van der Waals surface area (Å²) in [6, 6.07) is 26.6. The second kappa shape index (κ2) is 6.50. The van der Waals surface area contributed by atoms with Gasteiger partial charge in [0.15, 0.2) is 11.3 Å². The second-order valence-corrected chi connectivity index (χ2v) is 7.07. The Morgan fingerprint density at radius 1 is 0.821 bits per heavy atom. The highest BCUT2D eigenvalue weighted by Crippen LogP contribution is 2.35. The molecule has 5 rings (SSSR count). The van der Waals surface area contributed by atoms with Gasteiger partial charge in [-0.1, -0.05) is 42.5 Å². The van der Waals surface area contributed by atoms with Gasteiger partial charge in [-0.05, 0) is 18.2 Å². The SMILES string of the molecule is C[N+](C)=c1ccc2nc3c(cc(Nc4ccccc4)c4ccccc43)oc-2c1. The topological polar surface area (TPSA) is 41.1 Å². The average molecular weight is 366 g/mol. The minimum atomic E-state index is 0.764. The maximum atomic E-state index is 6.29. The molecule has 1 heterocycles. The Morgan fingerprint density at radius 3 is 2.36 bits per heavy atom. The highest BCUT2D eigenvalue weighted by atomic mass is 16.3. The third-order valence-electron chi connectivity index (χ3n) is 4.95. The maximum Gasteiger partial charge on any atom is 0.203 e. The van der Waals surface area contributed by atoms with Crippen LogP contribution in [0.25, 0.3) is 33.3 Å². The lowest BCUT2D eigenvalue weighted by Gasteiger charge is -2.13. The molecule has 0 fully saturated rings. The van der Waals surface area contributed by atoms with Gasteiger partial charge in [-0.15, -0.1) is 0 Å². The second-order valence-electron chi connectivity index (χ2n) is 7.07. The summed E-state index contributed by atoms with van der Waals surface area (Å²) in [4.78, 5) is 4.91. The number of benzene rings is 4. The quantitative estimate of drug-likeness (QED) is 0.275. The Kier molecular flexibility index (Phi) is 3.83. The highest BCUT2D eigenvalue weighted by Gasteiger charge is 2.15. The molecule has 1 aliphatic heterocycles. The molecule has 4 nitrogen and oxygen atoms in total. The first-order valence-corrected chi connectivity index (χ1v) is 9.28. The van der Waals surface area contributed by atoms with Crippen molar-refractivity contribution >= 4 is 33.2 Å². The van der Waals surface area contributed by atoms with Gasteiger partial charge in [0.1, 0.15) is 25.3 Å². The van der Waals surface area contributed by atoms with Crippen molar-refractivity contribution in [3.63, 3.8) is 0 Å². The van der Waals surface area contributed by atoms with Crippen molar-refractivity contribution in [2.24, 2.45) is 0 Å². The van der Waals surface area contributed by atoms with E-state index in [2.05, 4.69) is 40.2 Å². The van der Waals surface area contributed by atoms with Crippen LogP contribution >= 0.6 is 0 Å². The van der Waals surface area contributed by atoms with Crippen LogP contribution in [0.1, 0.15) is 0 Å². The number of aromatic nitrogens is 1. The molecular weight excluding hydrogens is 346 g/mol. The first-order chi connectivity index (χ1) is 13.7. The van der Waals surface area contributed by atoms with Crippen molar-refractivity contribution < 1.29 is 4.42 Å². The maximum absolute atomic E-state index is 6.29. The van der Waals surface area contributed by atoms with Gasteiger partial charge in [-0.2, -0.15) is 0 Å². The lowest BCUT2D eigenvalue weighted by molar-refractivity contribution is 0.611. The van der Waals surface area contributed by atoms with Crippen LogP contribution in [0.3, 0.4) is 0 Å². The number of hydrogen-bond donors (Lipinski definition) is 1. The molecule has 0 atom stereocenters. The van der Waals surface area contributed by atoms with Crippen LogP contribution in [-0.4, -0.2) is 19.1 Å². The molecule has 1 N–H and O–H groups in total. The van der Waals surface area contributed by atoms with E-state index in [-0.39, 0.29) is 0 Å². The highest BCUT2D eigenvalue weighted by molar-refractivity contribution is 6.10. The van der Waals surface area contributed by atoms with E-state index >= 15 is 0 Å². The number of nitrogens with one attached hydrogen (secondary N) is 1. The molecule has 0 amide bonds. The Hall–Kier alpha value is -3.66. The third-order valence-corrected chi connectivity index (χ3v) is 4.95. The van der Waals surface area contributed by atoms with Gasteiger partial charge >= 0.3 is 0 Å². The average Bonchev–Trinajstić information content (AvgIpc) is 2.73. The molecule has 4 heteroatoms. The van der Waals surface area contributed by atoms with Crippen molar-refractivity contribution in [1.29, 1.82) is 0 Å². The molecule has 0 radical (unpaired) electrons. The van der Waals surface area contributed by atoms with E-state index in [4.69, 9.17) is 9.40 Å². The van der Waals surface area contributed by atoms with Crippen LogP contribution in [0, 0.1) is 0 Å². The Labute approximate surface area is 162 Å². The summed E-state index contributed by atoms with van der Waals surface area (Å²) < 4.78 is 8.35. The van der Waals surface area contributed by atoms with E-state index < -0.39 is 0 Å². The third kappa shape index (κ3) is 2.79. The molecule has 0 saturated carbocycles. The van der Waals surface area contributed by atoms with Gasteiger partial charge in [0, 0.05) is 28.6 Å². The van der Waals surface area contributed by atoms with Crippen molar-refractivity contribution in [3.05, 3.63) is 84.2 Å². The molecule has 0 saturated heterocycles. The molecule has 136 valence electrons. The minimum Gasteiger partial charge on any atom is -0.452 e. The normalized spacial score (nSPS) is 11.2. The lowest BCUT2D eigenvalue weighted by atomic mass is 10.1. The number of para-hydroxylation sites is 1. The fourth-order valence-corrected chi connectivity index (χ4v) is 3.50. The van der Waals surface area contributed by atoms with Gasteiger partial charge in [0.05, 0.1) is 11.8 Å². The zero-order valence-corrected chi connectivity index (χ0v) is 15.8. The molecular formula is C24H20N3O+. The molecule has 3 aromatic carbocycles. The Bertz CT molecular complexity index is 1350. The summed E-state index contributed by atoms with van der Waals surface area (Å²) in [7, 11) is 4.04. The zero-order chi connectivity index (χ0) is 19.1. The summed E-state index contributed by atoms with van der Waals surface area (Å²) in [5.41, 5.74) is 4.53. The number of rotatable bonds is 2. The molecule has 28 heavy (non-hydrogen) atoms. The van der Waals surface area contributed by atoms with E-state index in [0.717, 1.165) is 50.1 Å². The summed E-state index contributed by atoms with van der Waals surface area (Å²) in [6.45, 7) is 0. The van der Waals surface area contributed by atoms with E-state index in [1.165, 1.54) is 0 Å². The Morgan fingerprint density at radius 2 is 1.57 bits per heavy atom. The fraction of sp³-hybridized carbons (Fsp3) is 0.0833. The lowest BCUT2D eigenvalue weighted by Crippen LogP contribution is -2.21. The first-order valence-electron chi connectivity index (χ1n) is 9.28. The van der Waals surface area contributed by atoms with Crippen LogP contribution in [0.5, 0.6) is 0 Å². The van der Waals surface area contributed by atoms with Gasteiger partial charge in [0.25, 0.3) is 0 Å². The van der Waals surface area contributed by atoms with Crippen LogP contribution in [0.15, 0.2) is 83.3 Å². The van der Waals surface area contributed by atoms with Crippen molar-refractivity contribution in [2.45, 2.75) is 0 Å². The van der Waals surface area contributed by atoms with Crippen LogP contribution in [-0.2, 0) is 0 Å². The van der Waals surface area contributed by atoms with Crippen molar-refractivity contribution in [3.8, 4) is 11.5 Å². The molecule has 1 aliphatic carbocycles. The number of fused-ring (bicyclic) bond motifs is 4. The fourth-order valence-electron chi connectivity index (χ4n) is 3.50. The van der Waals surface area contributed by atoms with Gasteiger partial charge in [-0.3, -0.25) is 0 Å². The van der Waals surface area contributed by atoms with E-state index in [0.29, 0.717) is 0 Å². The molecule has 0 spiro atoms. The van der Waals surface area contributed by atoms with Gasteiger partial charge in [-0.25, -0.2) is 9.56 Å². The van der Waals surface area contributed by atoms with Gasteiger partial charge in [0.2, 0.25) is 5.36 Å². The van der Waals surface area contributed by atoms with Crippen LogP contribution in [0.4, 0.5) is 11.4 Å². The monoisotopic (exact) mass is 366 g/mol. The zero-order valence-electron chi connectivity index (χ0n) is 15.8. The number of nitrogens with zero attached hydrogens (tertiary/aromatic N) is 2.